The highest BCUT2D eigenvalue weighted by molar-refractivity contribution is 5.91. The van der Waals surface area contributed by atoms with Gasteiger partial charge >= 0.3 is 0 Å². The van der Waals surface area contributed by atoms with Crippen LogP contribution >= 0.6 is 0 Å². The molecule has 0 heterocycles. The van der Waals surface area contributed by atoms with E-state index in [1.54, 1.807) is 18.2 Å². The third-order valence-electron chi connectivity index (χ3n) is 2.73. The lowest BCUT2D eigenvalue weighted by molar-refractivity contribution is -0.116. The minimum atomic E-state index is -0.275. The molecule has 1 aliphatic rings. The van der Waals surface area contributed by atoms with Crippen molar-refractivity contribution in [2.75, 3.05) is 13.1 Å². The Morgan fingerprint density at radius 3 is 2.67 bits per heavy atom. The van der Waals surface area contributed by atoms with Crippen LogP contribution in [-0.4, -0.2) is 25.0 Å². The molecule has 96 valence electrons. The van der Waals surface area contributed by atoms with E-state index < -0.39 is 0 Å². The lowest BCUT2D eigenvalue weighted by Gasteiger charge is -2.03. The van der Waals surface area contributed by atoms with Crippen LogP contribution in [0.15, 0.2) is 30.3 Å². The van der Waals surface area contributed by atoms with Crippen molar-refractivity contribution in [1.29, 1.82) is 0 Å². The number of hydrogen-bond donors (Lipinski definition) is 2. The van der Waals surface area contributed by atoms with Crippen LogP contribution < -0.4 is 10.6 Å². The van der Waals surface area contributed by atoms with E-state index in [-0.39, 0.29) is 11.7 Å². The van der Waals surface area contributed by atoms with Crippen molar-refractivity contribution in [2.45, 2.75) is 18.9 Å². The van der Waals surface area contributed by atoms with Crippen LogP contribution in [-0.2, 0) is 4.79 Å². The van der Waals surface area contributed by atoms with Gasteiger partial charge < -0.3 is 10.6 Å². The molecule has 0 spiro atoms. The lowest BCUT2D eigenvalue weighted by Crippen LogP contribution is -2.31. The third kappa shape index (κ3) is 4.67. The summed E-state index contributed by atoms with van der Waals surface area (Å²) in [5, 5.41) is 6.10. The number of carbonyl (C=O) groups excluding carboxylic acids is 1. The quantitative estimate of drug-likeness (QED) is 0.594. The highest BCUT2D eigenvalue weighted by Gasteiger charge is 2.19. The van der Waals surface area contributed by atoms with Gasteiger partial charge in [-0.1, -0.05) is 12.1 Å². The summed E-state index contributed by atoms with van der Waals surface area (Å²) in [6, 6.07) is 6.67. The molecule has 1 amide bonds. The Labute approximate surface area is 106 Å². The number of halogens is 1. The predicted molar refractivity (Wildman–Crippen MR) is 69.5 cm³/mol. The minimum Gasteiger partial charge on any atom is -0.351 e. The summed E-state index contributed by atoms with van der Waals surface area (Å²) in [5.41, 5.74) is 0.808. The van der Waals surface area contributed by atoms with Crippen LogP contribution in [0.3, 0.4) is 0 Å². The van der Waals surface area contributed by atoms with E-state index in [1.165, 1.54) is 31.1 Å². The fourth-order valence-corrected chi connectivity index (χ4v) is 1.55. The average Bonchev–Trinajstić information content (AvgIpc) is 3.18. The Morgan fingerprint density at radius 1 is 1.28 bits per heavy atom. The van der Waals surface area contributed by atoms with Crippen LogP contribution in [0.5, 0.6) is 0 Å². The van der Waals surface area contributed by atoms with Gasteiger partial charge in [0, 0.05) is 25.2 Å². The summed E-state index contributed by atoms with van der Waals surface area (Å²) in [7, 11) is 0. The van der Waals surface area contributed by atoms with Crippen molar-refractivity contribution >= 4 is 12.0 Å². The van der Waals surface area contributed by atoms with Crippen LogP contribution in [0.2, 0.25) is 0 Å². The Hall–Kier alpha value is -1.68. The molecule has 4 heteroatoms. The molecule has 18 heavy (non-hydrogen) atoms. The molecule has 2 N–H and O–H groups in total. The average molecular weight is 248 g/mol. The second-order valence-electron chi connectivity index (χ2n) is 4.40. The van der Waals surface area contributed by atoms with Gasteiger partial charge in [-0.15, -0.1) is 0 Å². The van der Waals surface area contributed by atoms with Crippen molar-refractivity contribution < 1.29 is 9.18 Å². The summed E-state index contributed by atoms with van der Waals surface area (Å²) < 4.78 is 12.7. The number of amides is 1. The predicted octanol–water partition coefficient (Wildman–Crippen LogP) is 1.71. The second-order valence-corrected chi connectivity index (χ2v) is 4.40. The van der Waals surface area contributed by atoms with E-state index in [0.29, 0.717) is 12.6 Å². The molecule has 0 bridgehead atoms. The van der Waals surface area contributed by atoms with Crippen molar-refractivity contribution in [1.82, 2.24) is 10.6 Å². The fourth-order valence-electron chi connectivity index (χ4n) is 1.55. The first kappa shape index (κ1) is 12.8. The van der Waals surface area contributed by atoms with Crippen molar-refractivity contribution in [2.24, 2.45) is 0 Å². The summed E-state index contributed by atoms with van der Waals surface area (Å²) in [6.07, 6.45) is 5.63. The molecule has 1 aromatic rings. The number of benzene rings is 1. The van der Waals surface area contributed by atoms with Gasteiger partial charge in [0.2, 0.25) is 5.91 Å². The molecule has 0 radical (unpaired) electrons. The highest BCUT2D eigenvalue weighted by atomic mass is 19.1. The van der Waals surface area contributed by atoms with Gasteiger partial charge in [-0.05, 0) is 36.6 Å². The molecular formula is C14H17FN2O. The second kappa shape index (κ2) is 6.31. The van der Waals surface area contributed by atoms with E-state index in [4.69, 9.17) is 0 Å². The Kier molecular flexibility index (Phi) is 4.47. The standard InChI is InChI=1S/C14H17FN2O/c15-12-4-1-11(2-5-12)3-8-14(18)17-10-9-16-13-6-7-13/h1-5,8,13,16H,6-7,9-10H2,(H,17,18). The fraction of sp³-hybridized carbons (Fsp3) is 0.357. The summed E-state index contributed by atoms with van der Waals surface area (Å²) in [4.78, 5) is 11.4. The van der Waals surface area contributed by atoms with Crippen LogP contribution in [0.4, 0.5) is 4.39 Å². The van der Waals surface area contributed by atoms with Crippen LogP contribution in [0.25, 0.3) is 6.08 Å². The summed E-state index contributed by atoms with van der Waals surface area (Å²) >= 11 is 0. The van der Waals surface area contributed by atoms with Gasteiger partial charge in [0.15, 0.2) is 0 Å². The molecule has 0 atom stereocenters. The van der Waals surface area contributed by atoms with Gasteiger partial charge in [0.05, 0.1) is 0 Å². The zero-order chi connectivity index (χ0) is 12.8. The van der Waals surface area contributed by atoms with E-state index in [2.05, 4.69) is 10.6 Å². The highest BCUT2D eigenvalue weighted by Crippen LogP contribution is 2.17. The molecule has 1 fully saturated rings. The molecule has 1 aromatic carbocycles. The third-order valence-corrected chi connectivity index (χ3v) is 2.73. The Balaban J connectivity index is 1.67. The normalized spacial score (nSPS) is 14.9. The van der Waals surface area contributed by atoms with Crippen LogP contribution in [0.1, 0.15) is 18.4 Å². The molecule has 0 aliphatic heterocycles. The van der Waals surface area contributed by atoms with Gasteiger partial charge in [-0.3, -0.25) is 4.79 Å². The summed E-state index contributed by atoms with van der Waals surface area (Å²) in [5.74, 6) is -0.403. The van der Waals surface area contributed by atoms with E-state index >= 15 is 0 Å². The molecule has 2 rings (SSSR count). The first-order valence-corrected chi connectivity index (χ1v) is 6.19. The maximum absolute atomic E-state index is 12.7. The molecule has 1 saturated carbocycles. The molecule has 3 nitrogen and oxygen atoms in total. The van der Waals surface area contributed by atoms with Gasteiger partial charge in [0.1, 0.15) is 5.82 Å². The summed E-state index contributed by atoms with van der Waals surface area (Å²) in [6.45, 7) is 1.43. The molecule has 0 aromatic heterocycles. The first-order valence-electron chi connectivity index (χ1n) is 6.19. The minimum absolute atomic E-state index is 0.128. The first-order chi connectivity index (χ1) is 8.74. The molecule has 0 unspecified atom stereocenters. The lowest BCUT2D eigenvalue weighted by atomic mass is 10.2. The zero-order valence-corrected chi connectivity index (χ0v) is 10.2. The Morgan fingerprint density at radius 2 is 2.00 bits per heavy atom. The van der Waals surface area contributed by atoms with Crippen molar-refractivity contribution in [3.8, 4) is 0 Å². The number of rotatable bonds is 6. The van der Waals surface area contributed by atoms with Crippen molar-refractivity contribution in [3.05, 3.63) is 41.7 Å². The smallest absolute Gasteiger partial charge is 0.244 e. The largest absolute Gasteiger partial charge is 0.351 e. The molecule has 1 aliphatic carbocycles. The molecular weight excluding hydrogens is 231 g/mol. The van der Waals surface area contributed by atoms with Gasteiger partial charge in [-0.25, -0.2) is 4.39 Å². The molecule has 0 saturated heterocycles. The maximum Gasteiger partial charge on any atom is 0.244 e. The van der Waals surface area contributed by atoms with Crippen molar-refractivity contribution in [3.63, 3.8) is 0 Å². The number of hydrogen-bond acceptors (Lipinski definition) is 2. The van der Waals surface area contributed by atoms with E-state index in [0.717, 1.165) is 12.1 Å². The topological polar surface area (TPSA) is 41.1 Å². The number of carbonyl (C=O) groups is 1. The van der Waals surface area contributed by atoms with Crippen LogP contribution in [0, 0.1) is 5.82 Å². The zero-order valence-electron chi connectivity index (χ0n) is 10.2. The SMILES string of the molecule is O=C(C=Cc1ccc(F)cc1)NCCNC1CC1. The van der Waals surface area contributed by atoms with E-state index in [1.807, 2.05) is 0 Å². The van der Waals surface area contributed by atoms with Gasteiger partial charge in [-0.2, -0.15) is 0 Å². The van der Waals surface area contributed by atoms with E-state index in [9.17, 15) is 9.18 Å². The number of nitrogens with one attached hydrogen (secondary N) is 2. The monoisotopic (exact) mass is 248 g/mol. The Bertz CT molecular complexity index is 424. The van der Waals surface area contributed by atoms with Gasteiger partial charge in [0.25, 0.3) is 0 Å². The maximum atomic E-state index is 12.7.